The molecule has 1 amide bonds. The lowest BCUT2D eigenvalue weighted by molar-refractivity contribution is 0.0600. The van der Waals surface area contributed by atoms with E-state index in [9.17, 15) is 14.0 Å². The maximum atomic E-state index is 13.2. The normalized spacial score (nSPS) is 10.2. The van der Waals surface area contributed by atoms with Gasteiger partial charge in [0.15, 0.2) is 0 Å². The zero-order valence-corrected chi connectivity index (χ0v) is 15.5. The number of carbonyl (C=O) groups is 2. The number of nitrogens with zero attached hydrogens (tertiary/aromatic N) is 1. The monoisotopic (exact) mass is 399 g/mol. The molecule has 8 heteroatoms. The second kappa shape index (κ2) is 8.49. The van der Waals surface area contributed by atoms with Crippen LogP contribution in [-0.4, -0.2) is 24.0 Å². The van der Waals surface area contributed by atoms with Gasteiger partial charge in [0.1, 0.15) is 11.6 Å². The number of ether oxygens (including phenoxy) is 1. The van der Waals surface area contributed by atoms with Crippen LogP contribution >= 0.6 is 11.6 Å². The molecule has 0 atom stereocenters. The smallest absolute Gasteiger partial charge is 0.337 e. The molecule has 28 heavy (non-hydrogen) atoms. The van der Waals surface area contributed by atoms with Gasteiger partial charge >= 0.3 is 5.97 Å². The lowest BCUT2D eigenvalue weighted by Crippen LogP contribution is -2.12. The predicted octanol–water partition coefficient (Wildman–Crippen LogP) is 4.66. The number of benzene rings is 2. The maximum Gasteiger partial charge on any atom is 0.337 e. The fourth-order valence-corrected chi connectivity index (χ4v) is 2.52. The van der Waals surface area contributed by atoms with Crippen LogP contribution in [0, 0.1) is 5.82 Å². The summed E-state index contributed by atoms with van der Waals surface area (Å²) in [4.78, 5) is 27.9. The molecule has 0 radical (unpaired) electrons. The molecule has 3 rings (SSSR count). The molecule has 3 aromatic rings. The molecular formula is C20H15ClFN3O3. The van der Waals surface area contributed by atoms with Gasteiger partial charge in [-0.15, -0.1) is 0 Å². The number of carbonyl (C=O) groups excluding carboxylic acids is 2. The highest BCUT2D eigenvalue weighted by atomic mass is 35.5. The minimum Gasteiger partial charge on any atom is -0.465 e. The van der Waals surface area contributed by atoms with E-state index < -0.39 is 17.7 Å². The summed E-state index contributed by atoms with van der Waals surface area (Å²) in [6, 6.07) is 13.8. The van der Waals surface area contributed by atoms with Gasteiger partial charge < -0.3 is 15.4 Å². The predicted molar refractivity (Wildman–Crippen MR) is 105 cm³/mol. The van der Waals surface area contributed by atoms with E-state index in [1.54, 1.807) is 36.4 Å². The summed E-state index contributed by atoms with van der Waals surface area (Å²) in [6.45, 7) is 0. The Morgan fingerprint density at radius 1 is 1.00 bits per heavy atom. The fraction of sp³-hybridized carbons (Fsp3) is 0.0500. The second-order valence-corrected chi connectivity index (χ2v) is 6.12. The first kappa shape index (κ1) is 19.3. The lowest BCUT2D eigenvalue weighted by atomic mass is 10.2. The number of esters is 1. The number of anilines is 3. The number of halogens is 2. The van der Waals surface area contributed by atoms with Gasteiger partial charge in [0, 0.05) is 17.6 Å². The van der Waals surface area contributed by atoms with Crippen LogP contribution in [0.1, 0.15) is 20.7 Å². The summed E-state index contributed by atoms with van der Waals surface area (Å²) in [5.41, 5.74) is 1.86. The third kappa shape index (κ3) is 4.63. The number of hydrogen-bond donors (Lipinski definition) is 2. The first-order valence-corrected chi connectivity index (χ1v) is 8.52. The van der Waals surface area contributed by atoms with Gasteiger partial charge in [-0.2, -0.15) is 0 Å². The molecule has 2 aromatic carbocycles. The molecule has 142 valence electrons. The molecule has 0 fully saturated rings. The van der Waals surface area contributed by atoms with Gasteiger partial charge in [-0.05, 0) is 54.6 Å². The van der Waals surface area contributed by atoms with Crippen LogP contribution < -0.4 is 10.6 Å². The minimum atomic E-state index is -0.559. The Morgan fingerprint density at radius 3 is 2.29 bits per heavy atom. The molecule has 1 aromatic heterocycles. The number of pyridine rings is 1. The molecule has 2 N–H and O–H groups in total. The van der Waals surface area contributed by atoms with Crippen LogP contribution in [0.25, 0.3) is 0 Å². The zero-order chi connectivity index (χ0) is 20.1. The van der Waals surface area contributed by atoms with Crippen molar-refractivity contribution in [2.45, 2.75) is 0 Å². The van der Waals surface area contributed by atoms with Gasteiger partial charge in [-0.3, -0.25) is 4.79 Å². The van der Waals surface area contributed by atoms with E-state index in [1.807, 2.05) is 0 Å². The summed E-state index contributed by atoms with van der Waals surface area (Å²) in [7, 11) is 1.32. The van der Waals surface area contributed by atoms with E-state index in [-0.39, 0.29) is 5.02 Å². The molecule has 0 aliphatic rings. The van der Waals surface area contributed by atoms with Crippen molar-refractivity contribution < 1.29 is 18.7 Å². The largest absolute Gasteiger partial charge is 0.465 e. The Labute approximate surface area is 165 Å². The van der Waals surface area contributed by atoms with E-state index in [1.165, 1.54) is 31.5 Å². The molecule has 6 nitrogen and oxygen atoms in total. The Hall–Kier alpha value is -3.45. The highest BCUT2D eigenvalue weighted by Crippen LogP contribution is 2.20. The van der Waals surface area contributed by atoms with Crippen molar-refractivity contribution in [2.24, 2.45) is 0 Å². The van der Waals surface area contributed by atoms with Crippen molar-refractivity contribution >= 4 is 40.7 Å². The van der Waals surface area contributed by atoms with E-state index in [0.717, 1.165) is 5.69 Å². The number of rotatable bonds is 5. The van der Waals surface area contributed by atoms with Gasteiger partial charge in [0.25, 0.3) is 5.91 Å². The van der Waals surface area contributed by atoms with Crippen LogP contribution in [0.2, 0.25) is 5.02 Å². The van der Waals surface area contributed by atoms with Crippen molar-refractivity contribution in [3.05, 3.63) is 82.8 Å². The number of hydrogen-bond acceptors (Lipinski definition) is 5. The summed E-state index contributed by atoms with van der Waals surface area (Å²) in [5, 5.41) is 5.61. The number of aromatic nitrogens is 1. The Balaban J connectivity index is 1.64. The summed E-state index contributed by atoms with van der Waals surface area (Å²) >= 11 is 5.70. The third-order valence-electron chi connectivity index (χ3n) is 3.78. The highest BCUT2D eigenvalue weighted by molar-refractivity contribution is 6.31. The van der Waals surface area contributed by atoms with Crippen LogP contribution in [0.4, 0.5) is 21.6 Å². The Kier molecular flexibility index (Phi) is 5.86. The molecule has 0 aliphatic heterocycles. The second-order valence-electron chi connectivity index (χ2n) is 5.71. The maximum absolute atomic E-state index is 13.2. The first-order chi connectivity index (χ1) is 13.5. The van der Waals surface area contributed by atoms with Crippen molar-refractivity contribution in [3.8, 4) is 0 Å². The number of methoxy groups -OCH3 is 1. The van der Waals surface area contributed by atoms with E-state index in [2.05, 4.69) is 20.4 Å². The molecular weight excluding hydrogens is 385 g/mol. The average Bonchev–Trinajstić information content (AvgIpc) is 2.71. The molecule has 0 saturated carbocycles. The topological polar surface area (TPSA) is 80.3 Å². The van der Waals surface area contributed by atoms with E-state index in [4.69, 9.17) is 11.6 Å². The third-order valence-corrected chi connectivity index (χ3v) is 4.07. The van der Waals surface area contributed by atoms with Gasteiger partial charge in [0.2, 0.25) is 0 Å². The fourth-order valence-electron chi connectivity index (χ4n) is 2.33. The van der Waals surface area contributed by atoms with E-state index >= 15 is 0 Å². The van der Waals surface area contributed by atoms with Crippen molar-refractivity contribution in [3.63, 3.8) is 0 Å². The minimum absolute atomic E-state index is 0.0753. The van der Waals surface area contributed by atoms with Crippen molar-refractivity contribution in [2.75, 3.05) is 17.7 Å². The molecule has 1 heterocycles. The SMILES string of the molecule is COC(=O)c1ccc(Nc2ccc(C(=O)Nc3ccc(F)c(Cl)c3)cn2)cc1. The highest BCUT2D eigenvalue weighted by Gasteiger charge is 2.09. The number of nitrogens with one attached hydrogen (secondary N) is 2. The van der Waals surface area contributed by atoms with Crippen LogP contribution in [0.3, 0.4) is 0 Å². The summed E-state index contributed by atoms with van der Waals surface area (Å²) in [5.74, 6) is -0.852. The van der Waals surface area contributed by atoms with Gasteiger partial charge in [-0.1, -0.05) is 11.6 Å². The summed E-state index contributed by atoms with van der Waals surface area (Å²) in [6.07, 6.45) is 1.41. The van der Waals surface area contributed by atoms with Crippen molar-refractivity contribution in [1.82, 2.24) is 4.98 Å². The van der Waals surface area contributed by atoms with Crippen LogP contribution in [-0.2, 0) is 4.74 Å². The zero-order valence-electron chi connectivity index (χ0n) is 14.7. The quantitative estimate of drug-likeness (QED) is 0.610. The standard InChI is InChI=1S/C20H15ClFN3O3/c1-28-20(27)12-2-5-14(6-3-12)24-18-9-4-13(11-23-18)19(26)25-15-7-8-17(22)16(21)10-15/h2-11H,1H3,(H,23,24)(H,25,26). The molecule has 0 saturated heterocycles. The van der Waals surface area contributed by atoms with Crippen molar-refractivity contribution in [1.29, 1.82) is 0 Å². The van der Waals surface area contributed by atoms with Gasteiger partial charge in [0.05, 0.1) is 23.3 Å². The Morgan fingerprint density at radius 2 is 1.68 bits per heavy atom. The Bertz CT molecular complexity index is 1010. The van der Waals surface area contributed by atoms with Crippen LogP contribution in [0.5, 0.6) is 0 Å². The molecule has 0 unspecified atom stereocenters. The molecule has 0 bridgehead atoms. The van der Waals surface area contributed by atoms with Gasteiger partial charge in [-0.25, -0.2) is 14.2 Å². The van der Waals surface area contributed by atoms with Crippen LogP contribution in [0.15, 0.2) is 60.8 Å². The number of amides is 1. The average molecular weight is 400 g/mol. The molecule has 0 aliphatic carbocycles. The van der Waals surface area contributed by atoms with E-state index in [0.29, 0.717) is 22.6 Å². The molecule has 0 spiro atoms. The lowest BCUT2D eigenvalue weighted by Gasteiger charge is -2.08. The first-order valence-electron chi connectivity index (χ1n) is 8.14. The summed E-state index contributed by atoms with van der Waals surface area (Å²) < 4.78 is 17.8.